The van der Waals surface area contributed by atoms with E-state index in [2.05, 4.69) is 15.0 Å². The van der Waals surface area contributed by atoms with Gasteiger partial charge in [0, 0.05) is 25.5 Å². The molecule has 1 N–H and O–H groups in total. The summed E-state index contributed by atoms with van der Waals surface area (Å²) in [5.74, 6) is 2.65. The summed E-state index contributed by atoms with van der Waals surface area (Å²) in [7, 11) is 3.65. The first-order valence-electron chi connectivity index (χ1n) is 5.89. The molecule has 3 rings (SSSR count). The van der Waals surface area contributed by atoms with Crippen LogP contribution in [0.15, 0.2) is 35.7 Å². The molecule has 0 atom stereocenters. The Morgan fingerprint density at radius 1 is 1.42 bits per heavy atom. The normalized spacial score (nSPS) is 11.1. The van der Waals surface area contributed by atoms with Gasteiger partial charge in [0.25, 0.3) is 0 Å². The van der Waals surface area contributed by atoms with Crippen molar-refractivity contribution < 1.29 is 4.74 Å². The van der Waals surface area contributed by atoms with Gasteiger partial charge in [-0.05, 0) is 12.1 Å². The number of nitrogens with one attached hydrogen (secondary N) is 1. The molecule has 0 aliphatic rings. The number of aromatic nitrogens is 4. The lowest BCUT2D eigenvalue weighted by molar-refractivity contribution is 0.415. The van der Waals surface area contributed by atoms with Gasteiger partial charge in [-0.3, -0.25) is 0 Å². The molecule has 0 fully saturated rings. The lowest BCUT2D eigenvalue weighted by Crippen LogP contribution is -1.94. The standard InChI is InChI=1S/C13H14N4OS/c1-17-6-5-14-12(17)8-19-13-15-10-4-3-9(18-2)7-11(10)16-13/h3-7H,8H2,1-2H3,(H,15,16). The third-order valence-electron chi connectivity index (χ3n) is 2.93. The summed E-state index contributed by atoms with van der Waals surface area (Å²) in [6.45, 7) is 0. The van der Waals surface area contributed by atoms with Crippen molar-refractivity contribution in [1.29, 1.82) is 0 Å². The van der Waals surface area contributed by atoms with Crippen molar-refractivity contribution in [2.45, 2.75) is 10.9 Å². The zero-order chi connectivity index (χ0) is 13.2. The molecular weight excluding hydrogens is 260 g/mol. The average molecular weight is 274 g/mol. The third-order valence-corrected chi connectivity index (χ3v) is 3.80. The highest BCUT2D eigenvalue weighted by Crippen LogP contribution is 2.24. The molecule has 2 aromatic heterocycles. The van der Waals surface area contributed by atoms with Crippen LogP contribution in [0.3, 0.4) is 0 Å². The van der Waals surface area contributed by atoms with Crippen LogP contribution in [-0.4, -0.2) is 26.6 Å². The molecule has 0 aliphatic carbocycles. The Labute approximate surface area is 115 Å². The first kappa shape index (κ1) is 12.1. The number of hydrogen-bond acceptors (Lipinski definition) is 4. The number of imidazole rings is 2. The Morgan fingerprint density at radius 2 is 2.32 bits per heavy atom. The first-order chi connectivity index (χ1) is 9.26. The minimum Gasteiger partial charge on any atom is -0.497 e. The van der Waals surface area contributed by atoms with Crippen LogP contribution in [0.25, 0.3) is 11.0 Å². The van der Waals surface area contributed by atoms with Gasteiger partial charge >= 0.3 is 0 Å². The van der Waals surface area contributed by atoms with Crippen molar-refractivity contribution >= 4 is 22.8 Å². The van der Waals surface area contributed by atoms with E-state index in [1.54, 1.807) is 25.1 Å². The SMILES string of the molecule is COc1ccc2nc(SCc3nccn3C)[nH]c2c1. The van der Waals surface area contributed by atoms with Gasteiger partial charge < -0.3 is 14.3 Å². The Hall–Kier alpha value is -1.95. The van der Waals surface area contributed by atoms with Crippen molar-refractivity contribution in [3.8, 4) is 5.75 Å². The van der Waals surface area contributed by atoms with Crippen LogP contribution < -0.4 is 4.74 Å². The second kappa shape index (κ2) is 4.97. The molecule has 5 nitrogen and oxygen atoms in total. The lowest BCUT2D eigenvalue weighted by atomic mass is 10.3. The number of nitrogens with zero attached hydrogens (tertiary/aromatic N) is 3. The van der Waals surface area contributed by atoms with E-state index in [1.807, 2.05) is 36.0 Å². The van der Waals surface area contributed by atoms with E-state index >= 15 is 0 Å². The molecule has 98 valence electrons. The number of aryl methyl sites for hydroxylation is 1. The summed E-state index contributed by atoms with van der Waals surface area (Å²) in [6, 6.07) is 5.82. The first-order valence-corrected chi connectivity index (χ1v) is 6.87. The summed E-state index contributed by atoms with van der Waals surface area (Å²) in [6.07, 6.45) is 3.75. The maximum Gasteiger partial charge on any atom is 0.166 e. The van der Waals surface area contributed by atoms with Crippen LogP contribution in [0.2, 0.25) is 0 Å². The Balaban J connectivity index is 1.80. The molecule has 0 saturated heterocycles. The predicted octanol–water partition coefficient (Wildman–Crippen LogP) is 2.60. The molecule has 0 radical (unpaired) electrons. The summed E-state index contributed by atoms with van der Waals surface area (Å²) in [5, 5.41) is 0.895. The van der Waals surface area contributed by atoms with Gasteiger partial charge in [-0.2, -0.15) is 0 Å². The van der Waals surface area contributed by atoms with Gasteiger partial charge in [0.2, 0.25) is 0 Å². The second-order valence-electron chi connectivity index (χ2n) is 4.17. The topological polar surface area (TPSA) is 55.7 Å². The van der Waals surface area contributed by atoms with Gasteiger partial charge in [-0.15, -0.1) is 0 Å². The van der Waals surface area contributed by atoms with E-state index in [0.717, 1.165) is 33.5 Å². The predicted molar refractivity (Wildman–Crippen MR) is 75.4 cm³/mol. The fourth-order valence-corrected chi connectivity index (χ4v) is 2.72. The molecule has 6 heteroatoms. The van der Waals surface area contributed by atoms with Gasteiger partial charge in [0.1, 0.15) is 11.6 Å². The molecular formula is C13H14N4OS. The van der Waals surface area contributed by atoms with Gasteiger partial charge in [-0.1, -0.05) is 11.8 Å². The molecule has 0 spiro atoms. The van der Waals surface area contributed by atoms with Crippen LogP contribution in [-0.2, 0) is 12.8 Å². The number of aromatic amines is 1. The molecule has 0 bridgehead atoms. The maximum atomic E-state index is 5.20. The number of ether oxygens (including phenoxy) is 1. The largest absolute Gasteiger partial charge is 0.497 e. The highest BCUT2D eigenvalue weighted by atomic mass is 32.2. The Morgan fingerprint density at radius 3 is 3.05 bits per heavy atom. The van der Waals surface area contributed by atoms with E-state index in [0.29, 0.717) is 0 Å². The Kier molecular flexibility index (Phi) is 3.16. The minimum atomic E-state index is 0.792. The molecule has 1 aromatic carbocycles. The van der Waals surface area contributed by atoms with E-state index in [-0.39, 0.29) is 0 Å². The van der Waals surface area contributed by atoms with Crippen LogP contribution in [0.1, 0.15) is 5.82 Å². The maximum absolute atomic E-state index is 5.20. The number of thioether (sulfide) groups is 1. The molecule has 2 heterocycles. The van der Waals surface area contributed by atoms with Crippen molar-refractivity contribution in [1.82, 2.24) is 19.5 Å². The number of rotatable bonds is 4. The van der Waals surface area contributed by atoms with Crippen molar-refractivity contribution in [2.75, 3.05) is 7.11 Å². The highest BCUT2D eigenvalue weighted by molar-refractivity contribution is 7.98. The molecule has 0 saturated carbocycles. The van der Waals surface area contributed by atoms with Crippen molar-refractivity contribution in [3.05, 3.63) is 36.4 Å². The van der Waals surface area contributed by atoms with Gasteiger partial charge in [-0.25, -0.2) is 9.97 Å². The van der Waals surface area contributed by atoms with Crippen LogP contribution in [0, 0.1) is 0 Å². The molecule has 0 unspecified atom stereocenters. The van der Waals surface area contributed by atoms with E-state index in [9.17, 15) is 0 Å². The number of hydrogen-bond donors (Lipinski definition) is 1. The quantitative estimate of drug-likeness (QED) is 0.743. The zero-order valence-electron chi connectivity index (χ0n) is 10.8. The molecule has 0 aliphatic heterocycles. The fraction of sp³-hybridized carbons (Fsp3) is 0.231. The van der Waals surface area contributed by atoms with Crippen molar-refractivity contribution in [2.24, 2.45) is 7.05 Å². The summed E-state index contributed by atoms with van der Waals surface area (Å²) in [4.78, 5) is 12.1. The van der Waals surface area contributed by atoms with Crippen molar-refractivity contribution in [3.63, 3.8) is 0 Å². The van der Waals surface area contributed by atoms with Gasteiger partial charge in [0.15, 0.2) is 5.16 Å². The van der Waals surface area contributed by atoms with Crippen LogP contribution in [0.4, 0.5) is 0 Å². The van der Waals surface area contributed by atoms with E-state index in [4.69, 9.17) is 4.74 Å². The lowest BCUT2D eigenvalue weighted by Gasteiger charge is -1.98. The van der Waals surface area contributed by atoms with Gasteiger partial charge in [0.05, 0.1) is 23.9 Å². The molecule has 0 amide bonds. The zero-order valence-corrected chi connectivity index (χ0v) is 11.6. The smallest absolute Gasteiger partial charge is 0.166 e. The minimum absolute atomic E-state index is 0.792. The summed E-state index contributed by atoms with van der Waals surface area (Å²) in [5.41, 5.74) is 1.94. The van der Waals surface area contributed by atoms with Crippen LogP contribution in [0.5, 0.6) is 5.75 Å². The van der Waals surface area contributed by atoms with E-state index in [1.165, 1.54) is 0 Å². The summed E-state index contributed by atoms with van der Waals surface area (Å²) >= 11 is 1.64. The summed E-state index contributed by atoms with van der Waals surface area (Å²) < 4.78 is 7.21. The van der Waals surface area contributed by atoms with E-state index < -0.39 is 0 Å². The molecule has 19 heavy (non-hydrogen) atoms. The molecule has 3 aromatic rings. The average Bonchev–Trinajstić information content (AvgIpc) is 3.01. The number of methoxy groups -OCH3 is 1. The Bertz CT molecular complexity index is 704. The van der Waals surface area contributed by atoms with Crippen LogP contribution >= 0.6 is 11.8 Å². The second-order valence-corrected chi connectivity index (χ2v) is 5.13. The fourth-order valence-electron chi connectivity index (χ4n) is 1.83. The monoisotopic (exact) mass is 274 g/mol. The highest BCUT2D eigenvalue weighted by Gasteiger charge is 2.06. The number of H-pyrrole nitrogens is 1. The third kappa shape index (κ3) is 2.44. The number of fused-ring (bicyclic) bond motifs is 1. The number of benzene rings is 1.